The predicted octanol–water partition coefficient (Wildman–Crippen LogP) is 2.15. The molecule has 0 saturated heterocycles. The maximum atomic E-state index is 11.9. The van der Waals surface area contributed by atoms with E-state index in [-0.39, 0.29) is 12.2 Å². The molecule has 18 heavy (non-hydrogen) atoms. The van der Waals surface area contributed by atoms with Crippen molar-refractivity contribution >= 4 is 17.8 Å². The first kappa shape index (κ1) is 14.6. The van der Waals surface area contributed by atoms with Crippen LogP contribution in [-0.2, 0) is 15.5 Å². The lowest BCUT2D eigenvalue weighted by molar-refractivity contribution is -0.274. The molecule has 0 saturated carbocycles. The third-order valence-electron chi connectivity index (χ3n) is 1.99. The van der Waals surface area contributed by atoms with Crippen LogP contribution in [0.5, 0.6) is 5.75 Å². The molecule has 1 aromatic rings. The van der Waals surface area contributed by atoms with Gasteiger partial charge in [-0.25, -0.2) is 4.79 Å². The van der Waals surface area contributed by atoms with Gasteiger partial charge in [0.2, 0.25) is 0 Å². The Morgan fingerprint density at radius 2 is 1.89 bits per heavy atom. The SMILES string of the molecule is N[C@@H](Cc1ccc(OC(F)(F)F)cc1)C(=O)OCl. The van der Waals surface area contributed by atoms with Gasteiger partial charge in [0.15, 0.2) is 0 Å². The van der Waals surface area contributed by atoms with Crippen molar-refractivity contribution in [3.63, 3.8) is 0 Å². The van der Waals surface area contributed by atoms with Crippen LogP contribution in [0.1, 0.15) is 5.56 Å². The molecule has 0 unspecified atom stereocenters. The molecule has 0 aromatic heterocycles. The molecule has 0 aliphatic rings. The fourth-order valence-electron chi connectivity index (χ4n) is 1.22. The first-order valence-corrected chi connectivity index (χ1v) is 5.05. The topological polar surface area (TPSA) is 61.5 Å². The molecule has 0 amide bonds. The lowest BCUT2D eigenvalue weighted by Gasteiger charge is -2.10. The summed E-state index contributed by atoms with van der Waals surface area (Å²) in [6.45, 7) is 0. The third-order valence-corrected chi connectivity index (χ3v) is 2.14. The summed E-state index contributed by atoms with van der Waals surface area (Å²) < 4.78 is 43.3. The molecule has 0 heterocycles. The van der Waals surface area contributed by atoms with Crippen molar-refractivity contribution < 1.29 is 27.0 Å². The largest absolute Gasteiger partial charge is 0.573 e. The second-order valence-electron chi connectivity index (χ2n) is 3.40. The Labute approximate surface area is 106 Å². The highest BCUT2D eigenvalue weighted by atomic mass is 35.5. The number of hydrogen-bond acceptors (Lipinski definition) is 4. The highest BCUT2D eigenvalue weighted by Gasteiger charge is 2.31. The summed E-state index contributed by atoms with van der Waals surface area (Å²) >= 11 is 4.84. The lowest BCUT2D eigenvalue weighted by atomic mass is 10.1. The molecule has 1 aromatic carbocycles. The van der Waals surface area contributed by atoms with Crippen molar-refractivity contribution in [2.45, 2.75) is 18.8 Å². The van der Waals surface area contributed by atoms with Gasteiger partial charge < -0.3 is 14.8 Å². The Morgan fingerprint density at radius 3 is 2.33 bits per heavy atom. The molecule has 0 spiro atoms. The number of carbonyl (C=O) groups is 1. The Morgan fingerprint density at radius 1 is 1.33 bits per heavy atom. The summed E-state index contributed by atoms with van der Waals surface area (Å²) in [7, 11) is 0. The standard InChI is InChI=1S/C10H9ClF3NO3/c11-18-9(16)8(15)5-6-1-3-7(4-2-6)17-10(12,13)14/h1-4,8H,5,15H2/t8-/m0/s1. The number of rotatable bonds is 4. The van der Waals surface area contributed by atoms with E-state index in [2.05, 4.69) is 9.03 Å². The van der Waals surface area contributed by atoms with Gasteiger partial charge in [-0.3, -0.25) is 0 Å². The second kappa shape index (κ2) is 5.92. The minimum atomic E-state index is -4.74. The summed E-state index contributed by atoms with van der Waals surface area (Å²) in [5.74, 6) is -1.16. The number of carbonyl (C=O) groups excluding carboxylic acids is 1. The predicted molar refractivity (Wildman–Crippen MR) is 56.7 cm³/mol. The highest BCUT2D eigenvalue weighted by Crippen LogP contribution is 2.22. The Bertz CT molecular complexity index is 408. The molecular weight excluding hydrogens is 275 g/mol. The van der Waals surface area contributed by atoms with Crippen molar-refractivity contribution in [3.05, 3.63) is 29.8 Å². The summed E-state index contributed by atoms with van der Waals surface area (Å²) in [4.78, 5) is 10.9. The number of alkyl halides is 3. The maximum absolute atomic E-state index is 11.9. The van der Waals surface area contributed by atoms with E-state index in [1.165, 1.54) is 12.1 Å². The van der Waals surface area contributed by atoms with Crippen LogP contribution in [0.15, 0.2) is 24.3 Å². The molecule has 4 nitrogen and oxygen atoms in total. The highest BCUT2D eigenvalue weighted by molar-refractivity contribution is 6.13. The maximum Gasteiger partial charge on any atom is 0.573 e. The van der Waals surface area contributed by atoms with Gasteiger partial charge in [0.1, 0.15) is 23.7 Å². The van der Waals surface area contributed by atoms with Gasteiger partial charge in [0, 0.05) is 0 Å². The number of hydrogen-bond donors (Lipinski definition) is 1. The number of ether oxygens (including phenoxy) is 1. The zero-order valence-corrected chi connectivity index (χ0v) is 9.66. The quantitative estimate of drug-likeness (QED) is 0.920. The minimum Gasteiger partial charge on any atom is -0.406 e. The molecule has 8 heteroatoms. The van der Waals surface area contributed by atoms with E-state index >= 15 is 0 Å². The summed E-state index contributed by atoms with van der Waals surface area (Å²) in [6, 6.07) is 4.01. The van der Waals surface area contributed by atoms with Gasteiger partial charge in [0.05, 0.1) is 0 Å². The summed E-state index contributed by atoms with van der Waals surface area (Å²) in [5.41, 5.74) is 5.98. The molecule has 0 aliphatic heterocycles. The van der Waals surface area contributed by atoms with Crippen molar-refractivity contribution in [1.29, 1.82) is 0 Å². The van der Waals surface area contributed by atoms with Crippen LogP contribution in [0, 0.1) is 0 Å². The van der Waals surface area contributed by atoms with E-state index in [1.807, 2.05) is 0 Å². The first-order valence-electron chi connectivity index (χ1n) is 4.74. The Balaban J connectivity index is 2.63. The van der Waals surface area contributed by atoms with Gasteiger partial charge in [-0.2, -0.15) is 0 Å². The van der Waals surface area contributed by atoms with E-state index in [4.69, 9.17) is 17.6 Å². The molecule has 0 fully saturated rings. The van der Waals surface area contributed by atoms with Crippen molar-refractivity contribution in [3.8, 4) is 5.75 Å². The van der Waals surface area contributed by atoms with Gasteiger partial charge in [0.25, 0.3) is 0 Å². The van der Waals surface area contributed by atoms with Gasteiger partial charge >= 0.3 is 12.3 Å². The van der Waals surface area contributed by atoms with Crippen LogP contribution in [0.25, 0.3) is 0 Å². The summed E-state index contributed by atoms with van der Waals surface area (Å²) in [6.07, 6.45) is -4.64. The molecule has 2 N–H and O–H groups in total. The monoisotopic (exact) mass is 283 g/mol. The molecular formula is C10H9ClF3NO3. The number of nitrogens with two attached hydrogens (primary N) is 1. The molecule has 0 radical (unpaired) electrons. The van der Waals surface area contributed by atoms with Crippen molar-refractivity contribution in [1.82, 2.24) is 0 Å². The van der Waals surface area contributed by atoms with Gasteiger partial charge in [-0.05, 0) is 24.1 Å². The zero-order chi connectivity index (χ0) is 13.8. The van der Waals surface area contributed by atoms with Crippen LogP contribution >= 0.6 is 11.9 Å². The van der Waals surface area contributed by atoms with E-state index in [0.29, 0.717) is 5.56 Å². The summed E-state index contributed by atoms with van der Waals surface area (Å²) in [5, 5.41) is 0. The fourth-order valence-corrected chi connectivity index (χ4v) is 1.34. The average molecular weight is 284 g/mol. The van der Waals surface area contributed by atoms with Crippen LogP contribution in [-0.4, -0.2) is 18.4 Å². The Hall–Kier alpha value is -1.47. The van der Waals surface area contributed by atoms with E-state index in [1.54, 1.807) is 0 Å². The first-order chi connectivity index (χ1) is 8.31. The number of benzene rings is 1. The molecule has 100 valence electrons. The minimum absolute atomic E-state index is 0.0951. The average Bonchev–Trinajstić information content (AvgIpc) is 2.28. The smallest absolute Gasteiger partial charge is 0.406 e. The zero-order valence-electron chi connectivity index (χ0n) is 8.91. The second-order valence-corrected chi connectivity index (χ2v) is 3.55. The third kappa shape index (κ3) is 4.80. The van der Waals surface area contributed by atoms with Crippen LogP contribution in [0.3, 0.4) is 0 Å². The van der Waals surface area contributed by atoms with Crippen molar-refractivity contribution in [2.75, 3.05) is 0 Å². The molecule has 0 bridgehead atoms. The van der Waals surface area contributed by atoms with E-state index in [0.717, 1.165) is 12.1 Å². The normalized spacial score (nSPS) is 12.9. The van der Waals surface area contributed by atoms with Crippen LogP contribution in [0.2, 0.25) is 0 Å². The fraction of sp³-hybridized carbons (Fsp3) is 0.300. The lowest BCUT2D eigenvalue weighted by Crippen LogP contribution is -2.32. The number of halogens is 4. The van der Waals surface area contributed by atoms with Crippen LogP contribution in [0.4, 0.5) is 13.2 Å². The molecule has 1 rings (SSSR count). The van der Waals surface area contributed by atoms with E-state index in [9.17, 15) is 18.0 Å². The van der Waals surface area contributed by atoms with Crippen LogP contribution < -0.4 is 10.5 Å². The van der Waals surface area contributed by atoms with Gasteiger partial charge in [-0.15, -0.1) is 13.2 Å². The molecule has 0 aliphatic carbocycles. The van der Waals surface area contributed by atoms with E-state index < -0.39 is 18.4 Å². The molecule has 1 atom stereocenters. The Kier molecular flexibility index (Phi) is 4.80. The van der Waals surface area contributed by atoms with Gasteiger partial charge in [-0.1, -0.05) is 12.1 Å². The van der Waals surface area contributed by atoms with Crippen molar-refractivity contribution in [2.24, 2.45) is 5.73 Å².